The van der Waals surface area contributed by atoms with Crippen molar-refractivity contribution in [2.24, 2.45) is 0 Å². The number of nitrogens with zero attached hydrogens (tertiary/aromatic N) is 1. The molecule has 0 radical (unpaired) electrons. The summed E-state index contributed by atoms with van der Waals surface area (Å²) in [6.07, 6.45) is 4.05. The van der Waals surface area contributed by atoms with Crippen molar-refractivity contribution in [3.63, 3.8) is 0 Å². The fourth-order valence-corrected chi connectivity index (χ4v) is 10.3. The Bertz CT molecular complexity index is 1160. The molecule has 0 saturated heterocycles. The second-order valence-corrected chi connectivity index (χ2v) is 13.7. The van der Waals surface area contributed by atoms with E-state index >= 15 is 0 Å². The van der Waals surface area contributed by atoms with Crippen LogP contribution in [0.25, 0.3) is 0 Å². The molecular formula is C33H31NP2. The molecule has 0 aliphatic heterocycles. The number of benzene rings is 4. The van der Waals surface area contributed by atoms with Gasteiger partial charge in [0.15, 0.2) is 0 Å². The minimum absolute atomic E-state index is 0.101. The number of hydrogen-bond donors (Lipinski definition) is 0. The van der Waals surface area contributed by atoms with Crippen molar-refractivity contribution in [3.8, 4) is 0 Å². The summed E-state index contributed by atoms with van der Waals surface area (Å²) in [7, 11) is -1.12. The molecular weight excluding hydrogens is 472 g/mol. The highest BCUT2D eigenvalue weighted by atomic mass is 31.1. The third-order valence-electron chi connectivity index (χ3n) is 6.57. The van der Waals surface area contributed by atoms with Gasteiger partial charge in [-0.3, -0.25) is 4.98 Å². The van der Waals surface area contributed by atoms with Gasteiger partial charge < -0.3 is 0 Å². The standard InChI is InChI=1S/C33H31NP2/c1-33(32-24-14-15-25-34-32,26-35(28-16-6-2-7-17-28)29-18-8-3-9-19-29)27-36(30-20-10-4-11-21-30)31-22-12-5-13-23-31/h2-25H,26-27H2,1H3. The lowest BCUT2D eigenvalue weighted by molar-refractivity contribution is 0.587. The number of hydrogen-bond acceptors (Lipinski definition) is 1. The van der Waals surface area contributed by atoms with Crippen LogP contribution in [0.3, 0.4) is 0 Å². The molecule has 0 unspecified atom stereocenters. The van der Waals surface area contributed by atoms with Gasteiger partial charge in [0.25, 0.3) is 0 Å². The molecule has 0 atom stereocenters. The number of aromatic nitrogens is 1. The Hall–Kier alpha value is -3.11. The zero-order valence-electron chi connectivity index (χ0n) is 20.6. The molecule has 0 N–H and O–H groups in total. The third kappa shape index (κ3) is 5.82. The largest absolute Gasteiger partial charge is 0.261 e. The van der Waals surface area contributed by atoms with Crippen molar-refractivity contribution in [2.45, 2.75) is 12.3 Å². The summed E-state index contributed by atoms with van der Waals surface area (Å²) >= 11 is 0. The Morgan fingerprint density at radius 2 is 0.806 bits per heavy atom. The molecule has 0 saturated carbocycles. The topological polar surface area (TPSA) is 12.9 Å². The first-order chi connectivity index (χ1) is 17.7. The first-order valence-corrected chi connectivity index (χ1v) is 15.5. The molecule has 0 bridgehead atoms. The van der Waals surface area contributed by atoms with Gasteiger partial charge in [0.1, 0.15) is 0 Å². The zero-order valence-corrected chi connectivity index (χ0v) is 22.4. The van der Waals surface area contributed by atoms with Crippen LogP contribution < -0.4 is 21.2 Å². The maximum absolute atomic E-state index is 4.95. The van der Waals surface area contributed by atoms with Gasteiger partial charge in [-0.05, 0) is 61.5 Å². The predicted octanol–water partition coefficient (Wildman–Crippen LogP) is 6.61. The second kappa shape index (κ2) is 11.7. The van der Waals surface area contributed by atoms with E-state index in [0.717, 1.165) is 12.3 Å². The van der Waals surface area contributed by atoms with E-state index in [-0.39, 0.29) is 5.41 Å². The molecule has 178 valence electrons. The fraction of sp³-hybridized carbons (Fsp3) is 0.121. The van der Waals surface area contributed by atoms with E-state index in [9.17, 15) is 0 Å². The van der Waals surface area contributed by atoms with Gasteiger partial charge in [-0.15, -0.1) is 0 Å². The smallest absolute Gasteiger partial charge is 0.0470 e. The Kier molecular flexibility index (Phi) is 8.02. The van der Waals surface area contributed by atoms with Gasteiger partial charge in [-0.25, -0.2) is 0 Å². The van der Waals surface area contributed by atoms with Crippen molar-refractivity contribution in [3.05, 3.63) is 151 Å². The SMILES string of the molecule is CC(CP(c1ccccc1)c1ccccc1)(CP(c1ccccc1)c1ccccc1)c1ccccn1. The first kappa shape index (κ1) is 24.6. The Balaban J connectivity index is 1.61. The van der Waals surface area contributed by atoms with Gasteiger partial charge in [0.05, 0.1) is 0 Å². The quantitative estimate of drug-likeness (QED) is 0.207. The van der Waals surface area contributed by atoms with E-state index in [1.54, 1.807) is 0 Å². The highest BCUT2D eigenvalue weighted by Gasteiger charge is 2.36. The van der Waals surface area contributed by atoms with Crippen LogP contribution in [0.15, 0.2) is 146 Å². The molecule has 1 aromatic heterocycles. The van der Waals surface area contributed by atoms with Gasteiger partial charge in [-0.2, -0.15) is 0 Å². The lowest BCUT2D eigenvalue weighted by atomic mass is 9.91. The molecule has 0 aliphatic carbocycles. The Labute approximate surface area is 217 Å². The molecule has 3 heteroatoms. The van der Waals surface area contributed by atoms with Gasteiger partial charge in [0, 0.05) is 17.3 Å². The van der Waals surface area contributed by atoms with Crippen molar-refractivity contribution in [1.82, 2.24) is 4.98 Å². The minimum atomic E-state index is -0.561. The first-order valence-electron chi connectivity index (χ1n) is 12.4. The summed E-state index contributed by atoms with van der Waals surface area (Å²) in [4.78, 5) is 4.95. The molecule has 0 aliphatic rings. The van der Waals surface area contributed by atoms with Crippen molar-refractivity contribution < 1.29 is 0 Å². The zero-order chi connectivity index (χ0) is 24.6. The van der Waals surface area contributed by atoms with E-state index in [0.29, 0.717) is 0 Å². The molecule has 5 rings (SSSR count). The van der Waals surface area contributed by atoms with Crippen LogP contribution in [0.2, 0.25) is 0 Å². The predicted molar refractivity (Wildman–Crippen MR) is 159 cm³/mol. The fourth-order valence-electron chi connectivity index (χ4n) is 4.72. The van der Waals surface area contributed by atoms with E-state index in [1.807, 2.05) is 12.3 Å². The van der Waals surface area contributed by atoms with Crippen LogP contribution in [0.1, 0.15) is 12.6 Å². The minimum Gasteiger partial charge on any atom is -0.261 e. The van der Waals surface area contributed by atoms with Gasteiger partial charge in [0.2, 0.25) is 0 Å². The summed E-state index contributed by atoms with van der Waals surface area (Å²) < 4.78 is 0. The highest BCUT2D eigenvalue weighted by molar-refractivity contribution is 7.74. The van der Waals surface area contributed by atoms with E-state index < -0.39 is 15.8 Å². The van der Waals surface area contributed by atoms with E-state index in [1.165, 1.54) is 26.9 Å². The van der Waals surface area contributed by atoms with Gasteiger partial charge >= 0.3 is 0 Å². The summed E-state index contributed by atoms with van der Waals surface area (Å²) in [5.74, 6) is 0. The summed E-state index contributed by atoms with van der Waals surface area (Å²) in [5, 5.41) is 5.68. The maximum Gasteiger partial charge on any atom is 0.0470 e. The maximum atomic E-state index is 4.95. The normalized spacial score (nSPS) is 11.6. The Morgan fingerprint density at radius 3 is 1.11 bits per heavy atom. The van der Waals surface area contributed by atoms with Crippen LogP contribution >= 0.6 is 15.8 Å². The lowest BCUT2D eigenvalue weighted by Crippen LogP contribution is -2.36. The third-order valence-corrected chi connectivity index (χ3v) is 12.3. The average Bonchev–Trinajstić information content (AvgIpc) is 2.97. The van der Waals surface area contributed by atoms with E-state index in [2.05, 4.69) is 140 Å². The van der Waals surface area contributed by atoms with Crippen LogP contribution in [0.5, 0.6) is 0 Å². The lowest BCUT2D eigenvalue weighted by Gasteiger charge is -2.37. The monoisotopic (exact) mass is 503 g/mol. The Morgan fingerprint density at radius 1 is 0.472 bits per heavy atom. The molecule has 0 amide bonds. The molecule has 1 heterocycles. The molecule has 1 nitrogen and oxygen atoms in total. The van der Waals surface area contributed by atoms with Crippen molar-refractivity contribution in [2.75, 3.05) is 12.3 Å². The molecule has 0 spiro atoms. The molecule has 4 aromatic carbocycles. The van der Waals surface area contributed by atoms with E-state index in [4.69, 9.17) is 4.98 Å². The van der Waals surface area contributed by atoms with Crippen LogP contribution in [-0.4, -0.2) is 17.3 Å². The molecule has 5 aromatic rings. The van der Waals surface area contributed by atoms with Crippen LogP contribution in [0.4, 0.5) is 0 Å². The van der Waals surface area contributed by atoms with Crippen molar-refractivity contribution in [1.29, 1.82) is 0 Å². The average molecular weight is 504 g/mol. The summed E-state index contributed by atoms with van der Waals surface area (Å²) in [6, 6.07) is 50.6. The number of pyridine rings is 1. The second-order valence-electron chi connectivity index (χ2n) is 9.29. The highest BCUT2D eigenvalue weighted by Crippen LogP contribution is 2.48. The molecule has 0 fully saturated rings. The number of rotatable bonds is 9. The van der Waals surface area contributed by atoms with Gasteiger partial charge in [-0.1, -0.05) is 134 Å². The summed E-state index contributed by atoms with van der Waals surface area (Å²) in [5.41, 5.74) is 1.08. The molecule has 36 heavy (non-hydrogen) atoms. The van der Waals surface area contributed by atoms with Crippen LogP contribution in [-0.2, 0) is 5.41 Å². The van der Waals surface area contributed by atoms with Crippen molar-refractivity contribution >= 4 is 37.1 Å². The van der Waals surface area contributed by atoms with Crippen LogP contribution in [0, 0.1) is 0 Å². The summed E-state index contributed by atoms with van der Waals surface area (Å²) in [6.45, 7) is 2.44.